The predicted octanol–water partition coefficient (Wildman–Crippen LogP) is 2.95. The first-order valence-electron chi connectivity index (χ1n) is 9.21. The molecule has 1 fully saturated rings. The van der Waals surface area contributed by atoms with Gasteiger partial charge < -0.3 is 14.7 Å². The number of carbonyl (C=O) groups is 3. The van der Waals surface area contributed by atoms with E-state index in [-0.39, 0.29) is 5.56 Å². The fourth-order valence-electron chi connectivity index (χ4n) is 4.69. The number of fused-ring (bicyclic) bond motifs is 2. The molecule has 2 aromatic rings. The summed E-state index contributed by atoms with van der Waals surface area (Å²) in [6.07, 6.45) is 0. The number of halogens is 1. The third-order valence-corrected chi connectivity index (χ3v) is 6.11. The topological polar surface area (TPSA) is 83.9 Å². The molecule has 0 aromatic heterocycles. The maximum atomic E-state index is 13.6. The Morgan fingerprint density at radius 3 is 2.34 bits per heavy atom. The van der Waals surface area contributed by atoms with Gasteiger partial charge in [0.25, 0.3) is 5.91 Å². The summed E-state index contributed by atoms with van der Waals surface area (Å²) in [5.74, 6) is -5.82. The minimum absolute atomic E-state index is 0.283. The fraction of sp³-hybridized carbons (Fsp3) is 0.318. The van der Waals surface area contributed by atoms with Gasteiger partial charge in [-0.1, -0.05) is 29.8 Å². The van der Waals surface area contributed by atoms with Gasteiger partial charge in [0, 0.05) is 23.2 Å². The van der Waals surface area contributed by atoms with E-state index in [0.29, 0.717) is 16.3 Å². The number of anilines is 1. The van der Waals surface area contributed by atoms with Crippen LogP contribution in [0, 0.1) is 11.8 Å². The van der Waals surface area contributed by atoms with E-state index in [1.165, 1.54) is 30.9 Å². The maximum Gasteiger partial charge on any atom is 0.264 e. The van der Waals surface area contributed by atoms with Gasteiger partial charge in [-0.15, -0.1) is 0 Å². The molecule has 0 aliphatic carbocycles. The van der Waals surface area contributed by atoms with Crippen LogP contribution in [-0.4, -0.2) is 35.4 Å². The van der Waals surface area contributed by atoms with Gasteiger partial charge in [0.1, 0.15) is 5.78 Å². The number of likely N-dealkylation sites (N-methyl/N-ethyl adjacent to an activating group) is 1. The van der Waals surface area contributed by atoms with Gasteiger partial charge in [-0.05, 0) is 44.2 Å². The molecule has 0 bridgehead atoms. The largest absolute Gasteiger partial charge is 0.365 e. The second-order valence-corrected chi connectivity index (χ2v) is 8.15. The molecule has 29 heavy (non-hydrogen) atoms. The molecule has 150 valence electrons. The first-order chi connectivity index (χ1) is 13.6. The van der Waals surface area contributed by atoms with Crippen molar-refractivity contribution >= 4 is 34.8 Å². The molecule has 1 N–H and O–H groups in total. The highest BCUT2D eigenvalue weighted by molar-refractivity contribution is 6.30. The first kappa shape index (κ1) is 19.8. The molecule has 1 saturated heterocycles. The lowest BCUT2D eigenvalue weighted by molar-refractivity contribution is -0.224. The second-order valence-electron chi connectivity index (χ2n) is 7.71. The number of nitrogens with zero attached hydrogens (tertiary/aromatic N) is 1. The average molecular weight is 414 g/mol. The normalized spacial score (nSPS) is 30.7. The van der Waals surface area contributed by atoms with Gasteiger partial charge in [0.15, 0.2) is 17.2 Å². The van der Waals surface area contributed by atoms with Crippen molar-refractivity contribution in [2.24, 2.45) is 11.8 Å². The Balaban J connectivity index is 1.98. The van der Waals surface area contributed by atoms with Crippen molar-refractivity contribution in [2.45, 2.75) is 25.2 Å². The number of ether oxygens (including phenoxy) is 1. The van der Waals surface area contributed by atoms with E-state index in [1.54, 1.807) is 43.4 Å². The minimum atomic E-state index is -1.99. The lowest BCUT2D eigenvalue weighted by atomic mass is 9.70. The molecule has 2 heterocycles. The molecule has 1 amide bonds. The van der Waals surface area contributed by atoms with Gasteiger partial charge in [-0.25, -0.2) is 0 Å². The second kappa shape index (κ2) is 6.49. The molecule has 2 aliphatic heterocycles. The minimum Gasteiger partial charge on any atom is -0.365 e. The number of amides is 1. The third kappa shape index (κ3) is 2.67. The Morgan fingerprint density at radius 1 is 1.10 bits per heavy atom. The van der Waals surface area contributed by atoms with Crippen LogP contribution in [0.3, 0.4) is 0 Å². The molecule has 7 heteroatoms. The van der Waals surface area contributed by atoms with Crippen LogP contribution in [0.25, 0.3) is 0 Å². The summed E-state index contributed by atoms with van der Waals surface area (Å²) in [6, 6.07) is 13.1. The van der Waals surface area contributed by atoms with E-state index < -0.39 is 40.7 Å². The summed E-state index contributed by atoms with van der Waals surface area (Å²) in [7, 11) is 1.58. The Labute approximate surface area is 173 Å². The average Bonchev–Trinajstić information content (AvgIpc) is 3.05. The van der Waals surface area contributed by atoms with Gasteiger partial charge in [-0.2, -0.15) is 0 Å². The highest BCUT2D eigenvalue weighted by Gasteiger charge is 2.71. The molecule has 0 saturated carbocycles. The summed E-state index contributed by atoms with van der Waals surface area (Å²) in [6.45, 7) is 2.61. The number of para-hydroxylation sites is 1. The zero-order valence-corrected chi connectivity index (χ0v) is 16.9. The van der Waals surface area contributed by atoms with Crippen LogP contribution in [0.5, 0.6) is 0 Å². The smallest absolute Gasteiger partial charge is 0.264 e. The van der Waals surface area contributed by atoms with Crippen LogP contribution in [0.1, 0.15) is 29.8 Å². The molecule has 0 radical (unpaired) electrons. The van der Waals surface area contributed by atoms with Gasteiger partial charge in [0.05, 0.1) is 17.5 Å². The van der Waals surface area contributed by atoms with E-state index in [4.69, 9.17) is 16.3 Å². The molecule has 4 atom stereocenters. The number of rotatable bonds is 3. The molecule has 6 nitrogen and oxygen atoms in total. The zero-order chi connectivity index (χ0) is 21.1. The Kier molecular flexibility index (Phi) is 4.42. The maximum absolute atomic E-state index is 13.6. The van der Waals surface area contributed by atoms with E-state index in [2.05, 4.69) is 0 Å². The van der Waals surface area contributed by atoms with Crippen LogP contribution in [0.15, 0.2) is 48.5 Å². The van der Waals surface area contributed by atoms with Crippen LogP contribution >= 0.6 is 11.6 Å². The molecule has 2 aromatic carbocycles. The van der Waals surface area contributed by atoms with Gasteiger partial charge >= 0.3 is 0 Å². The summed E-state index contributed by atoms with van der Waals surface area (Å²) < 4.78 is 5.96. The summed E-state index contributed by atoms with van der Waals surface area (Å²) in [5, 5.41) is 11.5. The summed E-state index contributed by atoms with van der Waals surface area (Å²) in [5.41, 5.74) is -0.469. The van der Waals surface area contributed by atoms with Crippen molar-refractivity contribution in [3.63, 3.8) is 0 Å². The number of carbonyl (C=O) groups excluding carboxylic acids is 3. The lowest BCUT2D eigenvalue weighted by Crippen LogP contribution is -2.47. The molecular formula is C22H20ClNO5. The highest BCUT2D eigenvalue weighted by atomic mass is 35.5. The van der Waals surface area contributed by atoms with E-state index in [0.717, 1.165) is 0 Å². The number of benzene rings is 2. The number of Topliss-reactive ketones (excluding diaryl/α,β-unsaturated/α-hetero) is 2. The van der Waals surface area contributed by atoms with Crippen molar-refractivity contribution in [2.75, 3.05) is 11.9 Å². The molecule has 2 aliphatic rings. The number of ketones is 2. The first-order valence-corrected chi connectivity index (χ1v) is 9.59. The van der Waals surface area contributed by atoms with Crippen LogP contribution in [-0.2, 0) is 19.9 Å². The number of hydrogen-bond donors (Lipinski definition) is 1. The van der Waals surface area contributed by atoms with Gasteiger partial charge in [0.2, 0.25) is 0 Å². The molecular weight excluding hydrogens is 394 g/mol. The van der Waals surface area contributed by atoms with Crippen molar-refractivity contribution < 1.29 is 24.2 Å². The monoisotopic (exact) mass is 413 g/mol. The van der Waals surface area contributed by atoms with Crippen molar-refractivity contribution in [3.8, 4) is 0 Å². The summed E-state index contributed by atoms with van der Waals surface area (Å²) >= 11 is 5.94. The Bertz CT molecular complexity index is 1030. The highest BCUT2D eigenvalue weighted by Crippen LogP contribution is 2.58. The van der Waals surface area contributed by atoms with Gasteiger partial charge in [-0.3, -0.25) is 14.4 Å². The van der Waals surface area contributed by atoms with Crippen LogP contribution in [0.2, 0.25) is 5.02 Å². The van der Waals surface area contributed by atoms with Crippen LogP contribution < -0.4 is 4.90 Å². The Morgan fingerprint density at radius 2 is 1.72 bits per heavy atom. The standard InChI is InChI=1S/C22H20ClNO5/c1-12(25)17-18(19(26)13-8-10-14(23)11-9-13)22(29-21(17,2)28)15-6-4-5-7-16(15)24(3)20(22)27/h4-11,17-18,28H,1-3H3/t17-,18+,21-,22-/m0/s1. The SMILES string of the molecule is CC(=O)[C@H]1[C@H](C(=O)c2ccc(Cl)cc2)[C@]2(O[C@]1(C)O)C(=O)N(C)c1ccccc12. The molecule has 4 rings (SSSR count). The summed E-state index contributed by atoms with van der Waals surface area (Å²) in [4.78, 5) is 41.0. The van der Waals surface area contributed by atoms with Crippen molar-refractivity contribution in [3.05, 3.63) is 64.7 Å². The number of aliphatic hydroxyl groups is 1. The van der Waals surface area contributed by atoms with E-state index in [9.17, 15) is 19.5 Å². The van der Waals surface area contributed by atoms with E-state index >= 15 is 0 Å². The Hall–Kier alpha value is -2.54. The lowest BCUT2D eigenvalue weighted by Gasteiger charge is -2.29. The predicted molar refractivity (Wildman–Crippen MR) is 107 cm³/mol. The third-order valence-electron chi connectivity index (χ3n) is 5.85. The van der Waals surface area contributed by atoms with Crippen molar-refractivity contribution in [1.29, 1.82) is 0 Å². The fourth-order valence-corrected chi connectivity index (χ4v) is 4.82. The van der Waals surface area contributed by atoms with Crippen molar-refractivity contribution in [1.82, 2.24) is 0 Å². The number of hydrogen-bond acceptors (Lipinski definition) is 5. The molecule has 0 unspecified atom stereocenters. The van der Waals surface area contributed by atoms with Crippen LogP contribution in [0.4, 0.5) is 5.69 Å². The molecule has 1 spiro atoms. The van der Waals surface area contributed by atoms with E-state index in [1.807, 2.05) is 0 Å². The quantitative estimate of drug-likeness (QED) is 0.782. The zero-order valence-electron chi connectivity index (χ0n) is 16.2.